The van der Waals surface area contributed by atoms with Crippen molar-refractivity contribution >= 4 is 0 Å². The fraction of sp³-hybridized carbons (Fsp3) is 0.667. The standard InChI is InChI=1S/C12H20O/c1-9(2)11-5-4-10(3)12(8-11)6-7-13/h6,10-11,13H,1,4-5,7-8H2,2-3H3/b12-6+/t10-,11?/m1/s1. The molecule has 1 nitrogen and oxygen atoms in total. The number of rotatable bonds is 2. The highest BCUT2D eigenvalue weighted by atomic mass is 16.2. The maximum absolute atomic E-state index is 8.86. The molecule has 0 bridgehead atoms. The first-order chi connectivity index (χ1) is 6.15. The van der Waals surface area contributed by atoms with Crippen LogP contribution in [0.5, 0.6) is 0 Å². The van der Waals surface area contributed by atoms with Crippen LogP contribution in [0.3, 0.4) is 0 Å². The van der Waals surface area contributed by atoms with Crippen molar-refractivity contribution in [2.24, 2.45) is 11.8 Å². The number of aliphatic hydroxyl groups excluding tert-OH is 1. The van der Waals surface area contributed by atoms with Crippen molar-refractivity contribution in [3.63, 3.8) is 0 Å². The molecule has 1 saturated carbocycles. The fourth-order valence-corrected chi connectivity index (χ4v) is 2.05. The van der Waals surface area contributed by atoms with E-state index in [1.807, 2.05) is 6.08 Å². The summed E-state index contributed by atoms with van der Waals surface area (Å²) in [5, 5.41) is 8.86. The molecule has 0 amide bonds. The molecule has 0 radical (unpaired) electrons. The summed E-state index contributed by atoms with van der Waals surface area (Å²) in [5.74, 6) is 1.30. The van der Waals surface area contributed by atoms with Gasteiger partial charge in [-0.05, 0) is 38.0 Å². The summed E-state index contributed by atoms with van der Waals surface area (Å²) in [6.07, 6.45) is 5.58. The Balaban J connectivity index is 2.63. The zero-order valence-electron chi connectivity index (χ0n) is 8.71. The van der Waals surface area contributed by atoms with Crippen molar-refractivity contribution < 1.29 is 5.11 Å². The van der Waals surface area contributed by atoms with E-state index in [-0.39, 0.29) is 6.61 Å². The quantitative estimate of drug-likeness (QED) is 0.648. The number of hydrogen-bond donors (Lipinski definition) is 1. The Morgan fingerprint density at radius 1 is 1.62 bits per heavy atom. The van der Waals surface area contributed by atoms with Crippen LogP contribution in [0.2, 0.25) is 0 Å². The van der Waals surface area contributed by atoms with E-state index in [4.69, 9.17) is 5.11 Å². The molecular formula is C12H20O. The Labute approximate surface area is 81.2 Å². The van der Waals surface area contributed by atoms with E-state index in [1.54, 1.807) is 0 Å². The second-order valence-electron chi connectivity index (χ2n) is 4.19. The van der Waals surface area contributed by atoms with Crippen LogP contribution in [0.1, 0.15) is 33.1 Å². The lowest BCUT2D eigenvalue weighted by atomic mass is 9.76. The summed E-state index contributed by atoms with van der Waals surface area (Å²) in [6, 6.07) is 0. The first-order valence-electron chi connectivity index (χ1n) is 5.10. The molecule has 1 fully saturated rings. The van der Waals surface area contributed by atoms with Gasteiger partial charge in [0.1, 0.15) is 0 Å². The van der Waals surface area contributed by atoms with Crippen LogP contribution in [0.15, 0.2) is 23.8 Å². The molecule has 1 aliphatic rings. The van der Waals surface area contributed by atoms with Crippen LogP contribution in [-0.2, 0) is 0 Å². The van der Waals surface area contributed by atoms with Crippen LogP contribution in [0, 0.1) is 11.8 Å². The van der Waals surface area contributed by atoms with Crippen LogP contribution >= 0.6 is 0 Å². The highest BCUT2D eigenvalue weighted by Crippen LogP contribution is 2.35. The van der Waals surface area contributed by atoms with E-state index in [2.05, 4.69) is 20.4 Å². The Hall–Kier alpha value is -0.560. The number of aliphatic hydroxyl groups is 1. The van der Waals surface area contributed by atoms with Crippen molar-refractivity contribution in [3.05, 3.63) is 23.8 Å². The van der Waals surface area contributed by atoms with Gasteiger partial charge in [0.05, 0.1) is 6.61 Å². The third-order valence-corrected chi connectivity index (χ3v) is 3.11. The summed E-state index contributed by atoms with van der Waals surface area (Å²) >= 11 is 0. The molecule has 0 aromatic rings. The minimum atomic E-state index is 0.183. The number of hydrogen-bond acceptors (Lipinski definition) is 1. The van der Waals surface area contributed by atoms with Gasteiger partial charge in [-0.3, -0.25) is 0 Å². The molecule has 1 N–H and O–H groups in total. The molecule has 0 spiro atoms. The average molecular weight is 180 g/mol. The molecule has 0 heterocycles. The molecule has 74 valence electrons. The Morgan fingerprint density at radius 3 is 2.85 bits per heavy atom. The molecule has 1 unspecified atom stereocenters. The first-order valence-corrected chi connectivity index (χ1v) is 5.10. The van der Waals surface area contributed by atoms with Crippen LogP contribution < -0.4 is 0 Å². The first kappa shape index (κ1) is 10.5. The van der Waals surface area contributed by atoms with Crippen LogP contribution in [0.25, 0.3) is 0 Å². The third kappa shape index (κ3) is 2.70. The minimum absolute atomic E-state index is 0.183. The zero-order chi connectivity index (χ0) is 9.84. The Kier molecular flexibility index (Phi) is 3.73. The second kappa shape index (κ2) is 4.61. The van der Waals surface area contributed by atoms with E-state index in [0.717, 1.165) is 6.42 Å². The molecule has 0 aromatic heterocycles. The van der Waals surface area contributed by atoms with E-state index in [1.165, 1.54) is 24.0 Å². The highest BCUT2D eigenvalue weighted by molar-refractivity contribution is 5.14. The Morgan fingerprint density at radius 2 is 2.31 bits per heavy atom. The average Bonchev–Trinajstić information content (AvgIpc) is 2.08. The monoisotopic (exact) mass is 180 g/mol. The molecule has 2 atom stereocenters. The third-order valence-electron chi connectivity index (χ3n) is 3.11. The number of allylic oxidation sites excluding steroid dienone is 2. The fourth-order valence-electron chi connectivity index (χ4n) is 2.05. The molecular weight excluding hydrogens is 160 g/mol. The van der Waals surface area contributed by atoms with E-state index >= 15 is 0 Å². The van der Waals surface area contributed by atoms with Gasteiger partial charge in [0, 0.05) is 0 Å². The van der Waals surface area contributed by atoms with Crippen molar-refractivity contribution in [1.29, 1.82) is 0 Å². The van der Waals surface area contributed by atoms with E-state index < -0.39 is 0 Å². The Bertz CT molecular complexity index is 215. The lowest BCUT2D eigenvalue weighted by Gasteiger charge is -2.29. The smallest absolute Gasteiger partial charge is 0.0615 e. The molecule has 1 rings (SSSR count). The van der Waals surface area contributed by atoms with Gasteiger partial charge in [0.25, 0.3) is 0 Å². The minimum Gasteiger partial charge on any atom is -0.392 e. The SMILES string of the molecule is C=C(C)C1CC[C@@H](C)/C(=C/CO)C1. The summed E-state index contributed by atoms with van der Waals surface area (Å²) in [7, 11) is 0. The molecule has 13 heavy (non-hydrogen) atoms. The predicted molar refractivity (Wildman–Crippen MR) is 56.5 cm³/mol. The lowest BCUT2D eigenvalue weighted by Crippen LogP contribution is -2.16. The molecule has 0 aliphatic heterocycles. The maximum atomic E-state index is 8.86. The van der Waals surface area contributed by atoms with Gasteiger partial charge in [-0.25, -0.2) is 0 Å². The van der Waals surface area contributed by atoms with Crippen molar-refractivity contribution in [2.75, 3.05) is 6.61 Å². The van der Waals surface area contributed by atoms with Gasteiger partial charge in [-0.15, -0.1) is 0 Å². The lowest BCUT2D eigenvalue weighted by molar-refractivity contribution is 0.334. The zero-order valence-corrected chi connectivity index (χ0v) is 8.71. The van der Waals surface area contributed by atoms with Crippen LogP contribution in [0.4, 0.5) is 0 Å². The van der Waals surface area contributed by atoms with Crippen molar-refractivity contribution in [2.45, 2.75) is 33.1 Å². The molecule has 0 saturated heterocycles. The topological polar surface area (TPSA) is 20.2 Å². The highest BCUT2D eigenvalue weighted by Gasteiger charge is 2.22. The maximum Gasteiger partial charge on any atom is 0.0615 e. The van der Waals surface area contributed by atoms with Gasteiger partial charge in [0.15, 0.2) is 0 Å². The van der Waals surface area contributed by atoms with Gasteiger partial charge < -0.3 is 5.11 Å². The summed E-state index contributed by atoms with van der Waals surface area (Å²) in [6.45, 7) is 8.55. The second-order valence-corrected chi connectivity index (χ2v) is 4.19. The van der Waals surface area contributed by atoms with Gasteiger partial charge in [-0.1, -0.05) is 30.7 Å². The summed E-state index contributed by atoms with van der Waals surface area (Å²) in [4.78, 5) is 0. The molecule has 0 aromatic carbocycles. The normalized spacial score (nSPS) is 32.1. The van der Waals surface area contributed by atoms with Gasteiger partial charge >= 0.3 is 0 Å². The van der Waals surface area contributed by atoms with Crippen molar-refractivity contribution in [3.8, 4) is 0 Å². The summed E-state index contributed by atoms with van der Waals surface area (Å²) in [5.41, 5.74) is 2.71. The largest absolute Gasteiger partial charge is 0.392 e. The van der Waals surface area contributed by atoms with Gasteiger partial charge in [-0.2, -0.15) is 0 Å². The van der Waals surface area contributed by atoms with Crippen LogP contribution in [-0.4, -0.2) is 11.7 Å². The van der Waals surface area contributed by atoms with E-state index in [9.17, 15) is 0 Å². The molecule has 1 heteroatoms. The van der Waals surface area contributed by atoms with E-state index in [0.29, 0.717) is 11.8 Å². The molecule has 1 aliphatic carbocycles. The van der Waals surface area contributed by atoms with Crippen molar-refractivity contribution in [1.82, 2.24) is 0 Å². The predicted octanol–water partition coefficient (Wildman–Crippen LogP) is 2.92. The van der Waals surface area contributed by atoms with Gasteiger partial charge in [0.2, 0.25) is 0 Å². The summed E-state index contributed by atoms with van der Waals surface area (Å²) < 4.78 is 0.